The molecular formula is C44H32IrN-. The third kappa shape index (κ3) is 3.87. The summed E-state index contributed by atoms with van der Waals surface area (Å²) in [5, 5.41) is 2.33. The largest absolute Gasteiger partial charge is 0.304 e. The van der Waals surface area contributed by atoms with Gasteiger partial charge in [0.15, 0.2) is 0 Å². The summed E-state index contributed by atoms with van der Waals surface area (Å²) in [5.74, 6) is 0. The number of hydrogen-bond donors (Lipinski definition) is 0. The standard InChI is InChI=1S/C44H32N.Ir/c1-26-20-36-37-21-27(2)29(4)23-42(37)44(41(36)22-28(26)3)39-15-8-7-14-35(39)38-25-32(16-17-40(38)44)31-11-9-12-33(24-31)43-34-13-6-5-10-30(34)18-19-45-43;/h5-11,13-25H,1-4H3;/q-1;. The summed E-state index contributed by atoms with van der Waals surface area (Å²) in [6.07, 6.45) is 1.90. The zero-order chi connectivity index (χ0) is 30.4. The van der Waals surface area contributed by atoms with E-state index in [0.717, 1.165) is 16.6 Å². The predicted molar refractivity (Wildman–Crippen MR) is 187 cm³/mol. The van der Waals surface area contributed by atoms with E-state index in [2.05, 4.69) is 143 Å². The van der Waals surface area contributed by atoms with Gasteiger partial charge < -0.3 is 4.98 Å². The molecule has 9 rings (SSSR count). The minimum atomic E-state index is -0.339. The maximum absolute atomic E-state index is 4.79. The van der Waals surface area contributed by atoms with Gasteiger partial charge >= 0.3 is 0 Å². The number of aryl methyl sites for hydroxylation is 4. The van der Waals surface area contributed by atoms with Crippen LogP contribution >= 0.6 is 0 Å². The first-order chi connectivity index (χ1) is 21.9. The van der Waals surface area contributed by atoms with Crippen LogP contribution < -0.4 is 0 Å². The van der Waals surface area contributed by atoms with Crippen molar-refractivity contribution in [2.75, 3.05) is 0 Å². The van der Waals surface area contributed by atoms with Gasteiger partial charge in [-0.1, -0.05) is 84.9 Å². The van der Waals surface area contributed by atoms with Crippen LogP contribution in [0.25, 0.3) is 55.4 Å². The molecule has 1 radical (unpaired) electrons. The molecule has 6 aromatic carbocycles. The second kappa shape index (κ2) is 10.5. The van der Waals surface area contributed by atoms with E-state index in [1.54, 1.807) is 0 Å². The summed E-state index contributed by atoms with van der Waals surface area (Å²) in [6, 6.07) is 46.4. The van der Waals surface area contributed by atoms with Crippen LogP contribution in [0.3, 0.4) is 0 Å². The van der Waals surface area contributed by atoms with Gasteiger partial charge in [0.2, 0.25) is 0 Å². The van der Waals surface area contributed by atoms with Crippen LogP contribution in [0.4, 0.5) is 0 Å². The third-order valence-electron chi connectivity index (χ3n) is 10.5. The van der Waals surface area contributed by atoms with E-state index in [0.29, 0.717) is 0 Å². The Labute approximate surface area is 284 Å². The molecule has 0 N–H and O–H groups in total. The van der Waals surface area contributed by atoms with E-state index in [1.165, 1.54) is 83.3 Å². The topological polar surface area (TPSA) is 12.9 Å². The first kappa shape index (κ1) is 28.8. The Bertz CT molecular complexity index is 2320. The van der Waals surface area contributed by atoms with Gasteiger partial charge in [-0.3, -0.25) is 0 Å². The van der Waals surface area contributed by atoms with E-state index < -0.39 is 0 Å². The van der Waals surface area contributed by atoms with Crippen molar-refractivity contribution in [3.05, 3.63) is 172 Å². The number of fused-ring (bicyclic) bond motifs is 11. The van der Waals surface area contributed by atoms with Gasteiger partial charge in [0.1, 0.15) is 0 Å². The minimum absolute atomic E-state index is 0. The van der Waals surface area contributed by atoms with Crippen molar-refractivity contribution in [2.45, 2.75) is 33.1 Å². The Kier molecular flexibility index (Phi) is 6.55. The number of rotatable bonds is 2. The molecule has 2 heteroatoms. The van der Waals surface area contributed by atoms with E-state index in [9.17, 15) is 0 Å². The van der Waals surface area contributed by atoms with Crippen LogP contribution in [0.15, 0.2) is 121 Å². The van der Waals surface area contributed by atoms with Gasteiger partial charge in [-0.15, -0.1) is 35.4 Å². The molecule has 2 aliphatic carbocycles. The summed E-state index contributed by atoms with van der Waals surface area (Å²) in [6.45, 7) is 8.98. The van der Waals surface area contributed by atoms with E-state index in [-0.39, 0.29) is 25.5 Å². The molecule has 0 fully saturated rings. The second-order valence-electron chi connectivity index (χ2n) is 12.9. The molecule has 1 heterocycles. The third-order valence-corrected chi connectivity index (χ3v) is 10.5. The Balaban J connectivity index is 0.00000312. The SMILES string of the molecule is Cc1cc2c(cc1C)C1(c3ccccc3-c3cc(-c4cc[c-]c(-c5nccc6ccccc56)c4)ccc31)c1cc(C)c(C)cc1-2.[Ir]. The Hall–Kier alpha value is -4.62. The number of aromatic nitrogens is 1. The van der Waals surface area contributed by atoms with Crippen LogP contribution in [0, 0.1) is 33.8 Å². The molecule has 0 amide bonds. The van der Waals surface area contributed by atoms with Gasteiger partial charge in [-0.2, -0.15) is 0 Å². The number of hydrogen-bond acceptors (Lipinski definition) is 1. The molecule has 2 aliphatic rings. The van der Waals surface area contributed by atoms with Crippen molar-refractivity contribution >= 4 is 10.8 Å². The number of pyridine rings is 1. The Morgan fingerprint density at radius 3 is 1.89 bits per heavy atom. The van der Waals surface area contributed by atoms with E-state index in [4.69, 9.17) is 4.98 Å². The molecule has 0 saturated carbocycles. The van der Waals surface area contributed by atoms with Gasteiger partial charge in [0.25, 0.3) is 0 Å². The zero-order valence-corrected chi connectivity index (χ0v) is 28.7. The van der Waals surface area contributed by atoms with Gasteiger partial charge in [-0.25, -0.2) is 0 Å². The fourth-order valence-electron chi connectivity index (χ4n) is 8.00. The average Bonchev–Trinajstić information content (AvgIpc) is 3.50. The van der Waals surface area contributed by atoms with Crippen molar-refractivity contribution in [2.24, 2.45) is 0 Å². The molecule has 1 nitrogen and oxygen atoms in total. The molecular weight excluding hydrogens is 735 g/mol. The normalized spacial score (nSPS) is 13.2. The first-order valence-corrected chi connectivity index (χ1v) is 15.8. The van der Waals surface area contributed by atoms with Gasteiger partial charge in [0.05, 0.1) is 5.41 Å². The predicted octanol–water partition coefficient (Wildman–Crippen LogP) is 10.9. The quantitative estimate of drug-likeness (QED) is 0.160. The van der Waals surface area contributed by atoms with E-state index >= 15 is 0 Å². The summed E-state index contributed by atoms with van der Waals surface area (Å²) in [5.41, 5.74) is 20.3. The minimum Gasteiger partial charge on any atom is -0.304 e. The van der Waals surface area contributed by atoms with Crippen LogP contribution in [0.5, 0.6) is 0 Å². The van der Waals surface area contributed by atoms with Crippen LogP contribution in [-0.2, 0) is 25.5 Å². The molecule has 223 valence electrons. The summed E-state index contributed by atoms with van der Waals surface area (Å²) >= 11 is 0. The fourth-order valence-corrected chi connectivity index (χ4v) is 8.00. The molecule has 0 bridgehead atoms. The van der Waals surface area contributed by atoms with Gasteiger partial charge in [0, 0.05) is 26.3 Å². The smallest absolute Gasteiger partial charge is 0.0725 e. The second-order valence-corrected chi connectivity index (χ2v) is 12.9. The molecule has 7 aromatic rings. The Morgan fingerprint density at radius 1 is 0.522 bits per heavy atom. The van der Waals surface area contributed by atoms with Crippen molar-refractivity contribution in [1.29, 1.82) is 0 Å². The molecule has 0 aliphatic heterocycles. The fraction of sp³-hybridized carbons (Fsp3) is 0.114. The van der Waals surface area contributed by atoms with Crippen LogP contribution in [0.1, 0.15) is 44.5 Å². The molecule has 0 saturated heterocycles. The first-order valence-electron chi connectivity index (χ1n) is 15.8. The zero-order valence-electron chi connectivity index (χ0n) is 26.3. The van der Waals surface area contributed by atoms with E-state index in [1.807, 2.05) is 12.3 Å². The monoisotopic (exact) mass is 767 g/mol. The molecule has 1 spiro atoms. The summed E-state index contributed by atoms with van der Waals surface area (Å²) in [4.78, 5) is 4.79. The summed E-state index contributed by atoms with van der Waals surface area (Å²) in [7, 11) is 0. The van der Waals surface area contributed by atoms with Crippen molar-refractivity contribution in [3.63, 3.8) is 0 Å². The molecule has 1 aromatic heterocycles. The maximum Gasteiger partial charge on any atom is 0.0725 e. The van der Waals surface area contributed by atoms with Crippen molar-refractivity contribution in [3.8, 4) is 44.6 Å². The van der Waals surface area contributed by atoms with Crippen molar-refractivity contribution < 1.29 is 20.1 Å². The number of nitrogens with zero attached hydrogens (tertiary/aromatic N) is 1. The molecule has 0 unspecified atom stereocenters. The maximum atomic E-state index is 4.79. The van der Waals surface area contributed by atoms with Gasteiger partial charge in [-0.05, 0) is 129 Å². The average molecular weight is 767 g/mol. The molecule has 0 atom stereocenters. The Morgan fingerprint density at radius 2 is 1.13 bits per heavy atom. The number of benzene rings is 6. The summed E-state index contributed by atoms with van der Waals surface area (Å²) < 4.78 is 0. The van der Waals surface area contributed by atoms with Crippen LogP contribution in [0.2, 0.25) is 0 Å². The van der Waals surface area contributed by atoms with Crippen molar-refractivity contribution in [1.82, 2.24) is 4.98 Å². The molecule has 46 heavy (non-hydrogen) atoms. The van der Waals surface area contributed by atoms with Crippen LogP contribution in [-0.4, -0.2) is 4.98 Å².